The second kappa shape index (κ2) is 6.02. The molecule has 2 atom stereocenters. The van der Waals surface area contributed by atoms with Crippen molar-refractivity contribution in [2.75, 3.05) is 12.3 Å². The molecule has 1 aliphatic heterocycles. The number of halogens is 1. The number of nitrogens with zero attached hydrogens (tertiary/aromatic N) is 1. The van der Waals surface area contributed by atoms with Crippen molar-refractivity contribution in [2.24, 2.45) is 5.92 Å². The molecule has 5 nitrogen and oxygen atoms in total. The fourth-order valence-electron chi connectivity index (χ4n) is 3.17. The first-order valence-corrected chi connectivity index (χ1v) is 8.26. The van der Waals surface area contributed by atoms with Crippen LogP contribution < -0.4 is 5.73 Å². The molecule has 3 rings (SSSR count). The summed E-state index contributed by atoms with van der Waals surface area (Å²) in [7, 11) is 0. The molecule has 1 aromatic carbocycles. The highest BCUT2D eigenvalue weighted by molar-refractivity contribution is 5.85. The lowest BCUT2D eigenvalue weighted by molar-refractivity contribution is -0.139. The van der Waals surface area contributed by atoms with E-state index in [2.05, 4.69) is 0 Å². The van der Waals surface area contributed by atoms with Gasteiger partial charge in [0.1, 0.15) is 11.9 Å². The lowest BCUT2D eigenvalue weighted by atomic mass is 10.0. The van der Waals surface area contributed by atoms with Crippen LogP contribution in [-0.2, 0) is 16.0 Å². The normalized spacial score (nSPS) is 21.7. The van der Waals surface area contributed by atoms with Crippen molar-refractivity contribution in [3.8, 4) is 0 Å². The van der Waals surface area contributed by atoms with E-state index < -0.39 is 17.7 Å². The van der Waals surface area contributed by atoms with Gasteiger partial charge in [-0.1, -0.05) is 13.8 Å². The van der Waals surface area contributed by atoms with Crippen LogP contribution in [0.5, 0.6) is 0 Å². The van der Waals surface area contributed by atoms with Gasteiger partial charge in [-0.15, -0.1) is 0 Å². The van der Waals surface area contributed by atoms with Crippen molar-refractivity contribution in [3.63, 3.8) is 0 Å². The maximum atomic E-state index is 14.0. The molecule has 6 heteroatoms. The van der Waals surface area contributed by atoms with E-state index in [1.165, 1.54) is 6.07 Å². The summed E-state index contributed by atoms with van der Waals surface area (Å²) in [6.45, 7) is 8.56. The number of hydrogen-bond donors (Lipinski definition) is 2. The van der Waals surface area contributed by atoms with Crippen LogP contribution in [0.2, 0.25) is 0 Å². The van der Waals surface area contributed by atoms with Crippen molar-refractivity contribution in [1.29, 1.82) is 0 Å². The van der Waals surface area contributed by atoms with Crippen molar-refractivity contribution in [1.82, 2.24) is 4.57 Å². The molecule has 24 heavy (non-hydrogen) atoms. The summed E-state index contributed by atoms with van der Waals surface area (Å²) in [6.07, 6.45) is -0.814. The first-order chi connectivity index (χ1) is 11.2. The molecule has 2 heterocycles. The van der Waals surface area contributed by atoms with Gasteiger partial charge in [0.2, 0.25) is 0 Å². The number of hydrogen-bond acceptors (Lipinski definition) is 4. The SMILES string of the molecule is CC(C)C(O)c1cc2cc(N)c(F)cc2n1CC1COC(C)(C)O1. The topological polar surface area (TPSA) is 69.6 Å². The van der Waals surface area contributed by atoms with Crippen LogP contribution in [0.1, 0.15) is 39.5 Å². The van der Waals surface area contributed by atoms with Gasteiger partial charge in [0.15, 0.2) is 5.79 Å². The summed E-state index contributed by atoms with van der Waals surface area (Å²) >= 11 is 0. The molecule has 1 fully saturated rings. The number of aliphatic hydroxyl groups excluding tert-OH is 1. The number of nitrogens with two attached hydrogens (primary N) is 1. The monoisotopic (exact) mass is 336 g/mol. The first-order valence-electron chi connectivity index (χ1n) is 8.26. The van der Waals surface area contributed by atoms with Gasteiger partial charge in [0.25, 0.3) is 0 Å². The average molecular weight is 336 g/mol. The smallest absolute Gasteiger partial charge is 0.163 e. The molecule has 3 N–H and O–H groups in total. The Labute approximate surface area is 141 Å². The Morgan fingerprint density at radius 1 is 1.38 bits per heavy atom. The summed E-state index contributed by atoms with van der Waals surface area (Å²) in [5.41, 5.74) is 7.23. The molecule has 0 bridgehead atoms. The highest BCUT2D eigenvalue weighted by atomic mass is 19.1. The van der Waals surface area contributed by atoms with Gasteiger partial charge in [-0.3, -0.25) is 0 Å². The number of rotatable bonds is 4. The molecular formula is C18H25FN2O3. The predicted molar refractivity (Wildman–Crippen MR) is 91.0 cm³/mol. The standard InChI is InChI=1S/C18H25FN2O3/c1-10(2)17(22)16-6-11-5-14(20)13(19)7-15(11)21(16)8-12-9-23-18(3,4)24-12/h5-7,10,12,17,22H,8-9,20H2,1-4H3. The van der Waals surface area contributed by atoms with E-state index >= 15 is 0 Å². The van der Waals surface area contributed by atoms with Crippen LogP contribution in [-0.4, -0.2) is 28.2 Å². The van der Waals surface area contributed by atoms with Gasteiger partial charge in [-0.2, -0.15) is 0 Å². The number of aliphatic hydroxyl groups is 1. The van der Waals surface area contributed by atoms with E-state index in [9.17, 15) is 9.50 Å². The van der Waals surface area contributed by atoms with Gasteiger partial charge in [-0.25, -0.2) is 4.39 Å². The van der Waals surface area contributed by atoms with Crippen molar-refractivity contribution < 1.29 is 19.0 Å². The van der Waals surface area contributed by atoms with Gasteiger partial charge in [-0.05, 0) is 31.9 Å². The van der Waals surface area contributed by atoms with E-state index in [1.54, 1.807) is 6.07 Å². The zero-order valence-corrected chi connectivity index (χ0v) is 14.5. The second-order valence-corrected chi connectivity index (χ2v) is 7.25. The van der Waals surface area contributed by atoms with Gasteiger partial charge in [0.05, 0.1) is 30.5 Å². The number of fused-ring (bicyclic) bond motifs is 1. The highest BCUT2D eigenvalue weighted by Gasteiger charge is 2.34. The number of aromatic nitrogens is 1. The zero-order chi connectivity index (χ0) is 17.6. The number of benzene rings is 1. The highest BCUT2D eigenvalue weighted by Crippen LogP contribution is 2.32. The lowest BCUT2D eigenvalue weighted by Gasteiger charge is -2.21. The molecule has 1 aromatic heterocycles. The molecule has 132 valence electrons. The number of anilines is 1. The summed E-state index contributed by atoms with van der Waals surface area (Å²) in [4.78, 5) is 0. The van der Waals surface area contributed by atoms with Crippen molar-refractivity contribution in [2.45, 2.75) is 52.2 Å². The summed E-state index contributed by atoms with van der Waals surface area (Å²) < 4.78 is 27.4. The van der Waals surface area contributed by atoms with Crippen LogP contribution in [0.3, 0.4) is 0 Å². The molecule has 0 spiro atoms. The minimum Gasteiger partial charge on any atom is -0.396 e. The molecule has 1 aliphatic rings. The fraction of sp³-hybridized carbons (Fsp3) is 0.556. The van der Waals surface area contributed by atoms with E-state index in [0.29, 0.717) is 18.7 Å². The van der Waals surface area contributed by atoms with E-state index in [1.807, 2.05) is 38.3 Å². The minimum absolute atomic E-state index is 0.0347. The Morgan fingerprint density at radius 2 is 2.08 bits per heavy atom. The summed E-state index contributed by atoms with van der Waals surface area (Å²) in [5.74, 6) is -1.05. The lowest BCUT2D eigenvalue weighted by Crippen LogP contribution is -2.25. The van der Waals surface area contributed by atoms with Crippen LogP contribution >= 0.6 is 0 Å². The largest absolute Gasteiger partial charge is 0.396 e. The molecule has 2 unspecified atom stereocenters. The van der Waals surface area contributed by atoms with E-state index in [-0.39, 0.29) is 17.7 Å². The Hall–Kier alpha value is -1.63. The zero-order valence-electron chi connectivity index (χ0n) is 14.5. The first kappa shape index (κ1) is 17.2. The van der Waals surface area contributed by atoms with Crippen LogP contribution in [0.15, 0.2) is 18.2 Å². The molecule has 1 saturated heterocycles. The molecule has 0 radical (unpaired) electrons. The molecule has 0 aliphatic carbocycles. The summed E-state index contributed by atoms with van der Waals surface area (Å²) in [6, 6.07) is 4.90. The Morgan fingerprint density at radius 3 is 2.67 bits per heavy atom. The van der Waals surface area contributed by atoms with Crippen molar-refractivity contribution >= 4 is 16.6 Å². The van der Waals surface area contributed by atoms with Crippen molar-refractivity contribution in [3.05, 3.63) is 29.7 Å². The van der Waals surface area contributed by atoms with Gasteiger partial charge in [0, 0.05) is 17.1 Å². The maximum absolute atomic E-state index is 14.0. The molecule has 0 amide bonds. The van der Waals surface area contributed by atoms with Crippen LogP contribution in [0.4, 0.5) is 10.1 Å². The third-order valence-electron chi connectivity index (χ3n) is 4.44. The second-order valence-electron chi connectivity index (χ2n) is 7.25. The predicted octanol–water partition coefficient (Wildman–Crippen LogP) is 3.20. The Kier molecular flexibility index (Phi) is 4.32. The van der Waals surface area contributed by atoms with Gasteiger partial charge >= 0.3 is 0 Å². The Bertz CT molecular complexity index is 754. The number of nitrogen functional groups attached to an aromatic ring is 1. The number of ether oxygens (including phenoxy) is 2. The quantitative estimate of drug-likeness (QED) is 0.841. The third-order valence-corrected chi connectivity index (χ3v) is 4.44. The maximum Gasteiger partial charge on any atom is 0.163 e. The van der Waals surface area contributed by atoms with E-state index in [0.717, 1.165) is 11.1 Å². The third kappa shape index (κ3) is 3.14. The Balaban J connectivity index is 2.05. The molecular weight excluding hydrogens is 311 g/mol. The van der Waals surface area contributed by atoms with Crippen LogP contribution in [0.25, 0.3) is 10.9 Å². The van der Waals surface area contributed by atoms with Crippen LogP contribution in [0, 0.1) is 11.7 Å². The van der Waals surface area contributed by atoms with E-state index in [4.69, 9.17) is 15.2 Å². The molecule has 0 saturated carbocycles. The average Bonchev–Trinajstić information content (AvgIpc) is 3.00. The van der Waals surface area contributed by atoms with Gasteiger partial charge < -0.3 is 24.9 Å². The minimum atomic E-state index is -0.656. The fourth-order valence-corrected chi connectivity index (χ4v) is 3.17. The molecule has 2 aromatic rings. The summed E-state index contributed by atoms with van der Waals surface area (Å²) in [5, 5.41) is 11.4.